The molecule has 0 aromatic heterocycles. The van der Waals surface area contributed by atoms with E-state index in [9.17, 15) is 0 Å². The van der Waals surface area contributed by atoms with Gasteiger partial charge in [-0.3, -0.25) is 0 Å². The van der Waals surface area contributed by atoms with Gasteiger partial charge in [0.25, 0.3) is 0 Å². The second-order valence-corrected chi connectivity index (χ2v) is 13.3. The highest BCUT2D eigenvalue weighted by Gasteiger charge is 2.08. The first-order chi connectivity index (χ1) is 19.3. The van der Waals surface area contributed by atoms with Gasteiger partial charge >= 0.3 is 0 Å². The van der Waals surface area contributed by atoms with E-state index in [2.05, 4.69) is 20.8 Å². The first-order valence-corrected chi connectivity index (χ1v) is 19.1. The summed E-state index contributed by atoms with van der Waals surface area (Å²) in [5.41, 5.74) is 0. The summed E-state index contributed by atoms with van der Waals surface area (Å²) in [6.45, 7) is 8.69. The highest BCUT2D eigenvalue weighted by Crippen LogP contribution is 2.24. The van der Waals surface area contributed by atoms with Crippen molar-refractivity contribution in [2.75, 3.05) is 0 Å². The molecule has 235 valence electrons. The third-order valence-electron chi connectivity index (χ3n) is 9.29. The average Bonchev–Trinajstić information content (AvgIpc) is 2.95. The fourth-order valence-corrected chi connectivity index (χ4v) is 6.47. The van der Waals surface area contributed by atoms with Gasteiger partial charge in [0.15, 0.2) is 0 Å². The highest BCUT2D eigenvalue weighted by molar-refractivity contribution is 4.62. The monoisotopic (exact) mass is 548 g/mol. The maximum Gasteiger partial charge on any atom is -0.0414 e. The summed E-state index contributed by atoms with van der Waals surface area (Å²) >= 11 is 0. The molecule has 1 radical (unpaired) electrons. The lowest BCUT2D eigenvalue weighted by atomic mass is 9.89. The maximum absolute atomic E-state index is 4.07. The Morgan fingerprint density at radius 2 is 0.487 bits per heavy atom. The Morgan fingerprint density at radius 3 is 0.718 bits per heavy atom. The van der Waals surface area contributed by atoms with Gasteiger partial charge in [-0.1, -0.05) is 245 Å². The first-order valence-electron chi connectivity index (χ1n) is 19.1. The summed E-state index contributed by atoms with van der Waals surface area (Å²) in [5, 5.41) is 0. The lowest BCUT2D eigenvalue weighted by molar-refractivity contribution is 0.368. The van der Waals surface area contributed by atoms with E-state index < -0.39 is 0 Å². The van der Waals surface area contributed by atoms with E-state index in [1.807, 2.05) is 0 Å². The normalized spacial score (nSPS) is 12.4. The Labute approximate surface area is 251 Å². The molecule has 0 heterocycles. The van der Waals surface area contributed by atoms with Crippen molar-refractivity contribution in [3.63, 3.8) is 0 Å². The van der Waals surface area contributed by atoms with Crippen LogP contribution in [-0.2, 0) is 0 Å². The molecule has 0 aliphatic heterocycles. The van der Waals surface area contributed by atoms with Crippen molar-refractivity contribution in [2.24, 2.45) is 5.92 Å². The third-order valence-corrected chi connectivity index (χ3v) is 9.29. The fraction of sp³-hybridized carbons (Fsp3) is 0.974. The molecule has 0 N–H and O–H groups in total. The Kier molecular flexibility index (Phi) is 36.0. The molecule has 0 bridgehead atoms. The van der Waals surface area contributed by atoms with E-state index in [-0.39, 0.29) is 0 Å². The van der Waals surface area contributed by atoms with Crippen LogP contribution in [0, 0.1) is 12.8 Å². The van der Waals surface area contributed by atoms with Gasteiger partial charge in [-0.25, -0.2) is 0 Å². The number of rotatable bonds is 35. The largest absolute Gasteiger partial charge is 0.0654 e. The molecule has 0 saturated heterocycles. The fourth-order valence-electron chi connectivity index (χ4n) is 6.47. The van der Waals surface area contributed by atoms with Crippen molar-refractivity contribution >= 4 is 0 Å². The zero-order chi connectivity index (χ0) is 28.3. The third kappa shape index (κ3) is 34.1. The minimum atomic E-state index is 1.01. The molecule has 0 spiro atoms. The molecule has 0 heteroatoms. The minimum absolute atomic E-state index is 1.01. The summed E-state index contributed by atoms with van der Waals surface area (Å²) < 4.78 is 0. The van der Waals surface area contributed by atoms with E-state index in [4.69, 9.17) is 0 Å². The zero-order valence-electron chi connectivity index (χ0n) is 28.0. The van der Waals surface area contributed by atoms with Crippen LogP contribution in [0.3, 0.4) is 0 Å². The standard InChI is InChI=1S/C39H79/c1-4-7-10-12-14-16-18-20-21-22-23-24-26-28-30-32-35-38-39(36-33-9-6-3)37-34-31-29-27-25-19-17-15-13-11-8-5-2/h39H,3-38H2,1-2H3. The van der Waals surface area contributed by atoms with Gasteiger partial charge in [-0.2, -0.15) is 0 Å². The van der Waals surface area contributed by atoms with E-state index in [1.165, 1.54) is 218 Å². The van der Waals surface area contributed by atoms with E-state index in [0.29, 0.717) is 0 Å². The van der Waals surface area contributed by atoms with Crippen LogP contribution in [0.2, 0.25) is 0 Å². The van der Waals surface area contributed by atoms with Crippen molar-refractivity contribution in [1.29, 1.82) is 0 Å². The Hall–Kier alpha value is 0. The lowest BCUT2D eigenvalue weighted by Crippen LogP contribution is -2.01. The zero-order valence-corrected chi connectivity index (χ0v) is 28.0. The van der Waals surface area contributed by atoms with Crippen LogP contribution in [0.15, 0.2) is 0 Å². The second-order valence-electron chi connectivity index (χ2n) is 13.3. The highest BCUT2D eigenvalue weighted by atomic mass is 14.1. The topological polar surface area (TPSA) is 0 Å². The quantitative estimate of drug-likeness (QED) is 0.0692. The molecule has 0 aliphatic carbocycles. The molecule has 0 aliphatic rings. The number of hydrogen-bond acceptors (Lipinski definition) is 0. The van der Waals surface area contributed by atoms with Crippen LogP contribution in [0.4, 0.5) is 0 Å². The molecule has 0 aromatic rings. The van der Waals surface area contributed by atoms with Crippen molar-refractivity contribution < 1.29 is 0 Å². The van der Waals surface area contributed by atoms with E-state index in [0.717, 1.165) is 12.3 Å². The smallest absolute Gasteiger partial charge is 0.0414 e. The molecule has 1 unspecified atom stereocenters. The summed E-state index contributed by atoms with van der Waals surface area (Å²) in [4.78, 5) is 0. The van der Waals surface area contributed by atoms with Crippen molar-refractivity contribution in [3.8, 4) is 0 Å². The van der Waals surface area contributed by atoms with Crippen molar-refractivity contribution in [2.45, 2.75) is 239 Å². The van der Waals surface area contributed by atoms with Crippen LogP contribution in [-0.4, -0.2) is 0 Å². The molecule has 0 nitrogen and oxygen atoms in total. The molecule has 0 saturated carbocycles. The predicted molar refractivity (Wildman–Crippen MR) is 182 cm³/mol. The van der Waals surface area contributed by atoms with Crippen LogP contribution in [0.1, 0.15) is 239 Å². The van der Waals surface area contributed by atoms with Crippen molar-refractivity contribution in [3.05, 3.63) is 6.92 Å². The van der Waals surface area contributed by atoms with Crippen LogP contribution >= 0.6 is 0 Å². The molecule has 0 fully saturated rings. The van der Waals surface area contributed by atoms with Gasteiger partial charge in [-0.15, -0.1) is 0 Å². The number of hydrogen-bond donors (Lipinski definition) is 0. The molecule has 1 atom stereocenters. The lowest BCUT2D eigenvalue weighted by Gasteiger charge is -2.17. The molecule has 0 amide bonds. The summed E-state index contributed by atoms with van der Waals surface area (Å²) in [5.74, 6) is 1.01. The number of unbranched alkanes of at least 4 members (excludes halogenated alkanes) is 29. The molecular formula is C39H79. The van der Waals surface area contributed by atoms with Crippen LogP contribution in [0.25, 0.3) is 0 Å². The van der Waals surface area contributed by atoms with Crippen LogP contribution in [0.5, 0.6) is 0 Å². The first kappa shape index (κ1) is 39.0. The Morgan fingerprint density at radius 1 is 0.282 bits per heavy atom. The molecule has 0 aromatic carbocycles. The van der Waals surface area contributed by atoms with Crippen molar-refractivity contribution in [1.82, 2.24) is 0 Å². The van der Waals surface area contributed by atoms with E-state index in [1.54, 1.807) is 0 Å². The van der Waals surface area contributed by atoms with Gasteiger partial charge in [-0.05, 0) is 5.92 Å². The summed E-state index contributed by atoms with van der Waals surface area (Å²) in [6.07, 6.45) is 51.1. The minimum Gasteiger partial charge on any atom is -0.0654 e. The summed E-state index contributed by atoms with van der Waals surface area (Å²) in [7, 11) is 0. The molecule has 0 rings (SSSR count). The van der Waals surface area contributed by atoms with Gasteiger partial charge in [0, 0.05) is 0 Å². The SMILES string of the molecule is [CH2]CCCCC(CCCCCCCCCCCCCC)CCCCCCCCCCCCCCCCCCC. The Balaban J connectivity index is 3.53. The average molecular weight is 548 g/mol. The van der Waals surface area contributed by atoms with E-state index >= 15 is 0 Å². The predicted octanol–water partition coefficient (Wildman–Crippen LogP) is 15.1. The van der Waals surface area contributed by atoms with Gasteiger partial charge in [0.05, 0.1) is 0 Å². The van der Waals surface area contributed by atoms with Gasteiger partial charge < -0.3 is 0 Å². The van der Waals surface area contributed by atoms with Crippen LogP contribution < -0.4 is 0 Å². The maximum atomic E-state index is 4.07. The second kappa shape index (κ2) is 36.0. The molecule has 39 heavy (non-hydrogen) atoms. The van der Waals surface area contributed by atoms with Gasteiger partial charge in [0.2, 0.25) is 0 Å². The summed E-state index contributed by atoms with van der Waals surface area (Å²) in [6, 6.07) is 0. The molecular weight excluding hydrogens is 468 g/mol. The Bertz CT molecular complexity index is 399. The van der Waals surface area contributed by atoms with Gasteiger partial charge in [0.1, 0.15) is 0 Å².